The third kappa shape index (κ3) is 4.72. The highest BCUT2D eigenvalue weighted by Gasteiger charge is 2.42. The van der Waals surface area contributed by atoms with Gasteiger partial charge in [-0.05, 0) is 51.7 Å². The van der Waals surface area contributed by atoms with E-state index in [4.69, 9.17) is 9.15 Å². The van der Waals surface area contributed by atoms with Crippen molar-refractivity contribution in [3.63, 3.8) is 0 Å². The van der Waals surface area contributed by atoms with E-state index >= 15 is 0 Å². The number of nitrogens with zero attached hydrogens (tertiary/aromatic N) is 2. The summed E-state index contributed by atoms with van der Waals surface area (Å²) in [4.78, 5) is 29.3. The first kappa shape index (κ1) is 21.7. The number of aromatic nitrogens is 1. The van der Waals surface area contributed by atoms with Gasteiger partial charge >= 0.3 is 0 Å². The molecular weight excluding hydrogens is 418 g/mol. The molecule has 8 nitrogen and oxygen atoms in total. The molecule has 2 aromatic rings. The first-order chi connectivity index (χ1) is 14.8. The van der Waals surface area contributed by atoms with E-state index in [0.29, 0.717) is 59.8 Å². The number of rotatable bonds is 3. The van der Waals surface area contributed by atoms with Crippen LogP contribution in [0, 0.1) is 13.8 Å². The topological polar surface area (TPSA) is 111 Å². The average molecular weight is 446 g/mol. The second-order valence-electron chi connectivity index (χ2n) is 8.38. The molecule has 4 heterocycles. The molecule has 0 bridgehead atoms. The van der Waals surface area contributed by atoms with Crippen molar-refractivity contribution >= 4 is 21.5 Å². The summed E-state index contributed by atoms with van der Waals surface area (Å²) in [5.74, 6) is -0.0205. The van der Waals surface area contributed by atoms with Gasteiger partial charge in [0.05, 0.1) is 32.7 Å². The van der Waals surface area contributed by atoms with Crippen molar-refractivity contribution in [2.24, 2.45) is 4.36 Å². The van der Waals surface area contributed by atoms with E-state index in [1.165, 1.54) is 12.5 Å². The molecule has 9 heteroatoms. The van der Waals surface area contributed by atoms with E-state index in [9.17, 15) is 13.8 Å². The Bertz CT molecular complexity index is 1100. The standard InChI is InChI=1S/C22H27N3O5S/c1-15-13-29-14-19(15)21(27)25-31(28)10-6-22(7-11-31)12-17(5-9-30-22)24-20(26)18-4-3-8-23-16(18)2/h3-4,8,13-14,17H,5-7,9-12H2,1-2H3,(H,24,26). The number of hydrogen-bond donors (Lipinski definition) is 1. The summed E-state index contributed by atoms with van der Waals surface area (Å²) in [7, 11) is -2.64. The Hall–Kier alpha value is -2.52. The molecule has 2 amide bonds. The minimum Gasteiger partial charge on any atom is -0.471 e. The molecule has 1 atom stereocenters. The molecule has 2 saturated heterocycles. The van der Waals surface area contributed by atoms with Gasteiger partial charge in [0, 0.05) is 41.6 Å². The Morgan fingerprint density at radius 3 is 2.68 bits per heavy atom. The van der Waals surface area contributed by atoms with Gasteiger partial charge in [-0.2, -0.15) is 4.36 Å². The number of carbonyl (C=O) groups is 2. The van der Waals surface area contributed by atoms with Crippen molar-refractivity contribution in [2.45, 2.75) is 51.2 Å². The van der Waals surface area contributed by atoms with Crippen molar-refractivity contribution < 1.29 is 23.0 Å². The van der Waals surface area contributed by atoms with Crippen molar-refractivity contribution in [2.75, 3.05) is 18.1 Å². The lowest BCUT2D eigenvalue weighted by Crippen LogP contribution is -2.52. The van der Waals surface area contributed by atoms with Gasteiger partial charge in [-0.3, -0.25) is 14.6 Å². The Labute approximate surface area is 181 Å². The molecule has 4 rings (SSSR count). The van der Waals surface area contributed by atoms with Gasteiger partial charge in [-0.25, -0.2) is 4.21 Å². The van der Waals surface area contributed by atoms with Crippen LogP contribution in [0.25, 0.3) is 0 Å². The predicted molar refractivity (Wildman–Crippen MR) is 115 cm³/mol. The molecule has 0 saturated carbocycles. The molecule has 166 valence electrons. The zero-order chi connectivity index (χ0) is 22.1. The Morgan fingerprint density at radius 1 is 1.23 bits per heavy atom. The van der Waals surface area contributed by atoms with Gasteiger partial charge in [0.1, 0.15) is 6.26 Å². The van der Waals surface area contributed by atoms with Crippen LogP contribution in [0.5, 0.6) is 0 Å². The lowest BCUT2D eigenvalue weighted by atomic mass is 9.85. The van der Waals surface area contributed by atoms with Crippen LogP contribution >= 0.6 is 0 Å². The molecule has 2 aliphatic rings. The van der Waals surface area contributed by atoms with Crippen molar-refractivity contribution in [1.82, 2.24) is 10.3 Å². The molecule has 2 aliphatic heterocycles. The maximum absolute atomic E-state index is 13.2. The third-order valence-electron chi connectivity index (χ3n) is 6.17. The van der Waals surface area contributed by atoms with E-state index < -0.39 is 21.2 Å². The van der Waals surface area contributed by atoms with Crippen LogP contribution in [0.2, 0.25) is 0 Å². The molecule has 0 aromatic carbocycles. The number of pyridine rings is 1. The number of furan rings is 1. The zero-order valence-electron chi connectivity index (χ0n) is 17.8. The molecule has 2 fully saturated rings. The fraction of sp³-hybridized carbons (Fsp3) is 0.500. The first-order valence-electron chi connectivity index (χ1n) is 10.5. The average Bonchev–Trinajstić information content (AvgIpc) is 3.17. The van der Waals surface area contributed by atoms with Gasteiger partial charge < -0.3 is 14.5 Å². The van der Waals surface area contributed by atoms with Gasteiger partial charge in [0.25, 0.3) is 11.8 Å². The zero-order valence-corrected chi connectivity index (χ0v) is 18.6. The third-order valence-corrected chi connectivity index (χ3v) is 8.35. The monoisotopic (exact) mass is 445 g/mol. The Kier molecular flexibility index (Phi) is 5.98. The molecule has 1 unspecified atom stereocenters. The summed E-state index contributed by atoms with van der Waals surface area (Å²) in [6, 6.07) is 3.49. The number of nitrogens with one attached hydrogen (secondary N) is 1. The summed E-state index contributed by atoms with van der Waals surface area (Å²) in [5, 5.41) is 3.11. The second kappa shape index (κ2) is 8.55. The smallest absolute Gasteiger partial charge is 0.288 e. The number of ether oxygens (including phenoxy) is 1. The number of carbonyl (C=O) groups excluding carboxylic acids is 2. The van der Waals surface area contributed by atoms with Crippen LogP contribution in [0.1, 0.15) is 57.7 Å². The summed E-state index contributed by atoms with van der Waals surface area (Å²) in [6.07, 6.45) is 6.96. The molecule has 1 N–H and O–H groups in total. The minimum absolute atomic E-state index is 0.0258. The predicted octanol–water partition coefficient (Wildman–Crippen LogP) is 3.04. The Morgan fingerprint density at radius 2 is 2.00 bits per heavy atom. The first-order valence-corrected chi connectivity index (χ1v) is 12.3. The van der Waals surface area contributed by atoms with Crippen LogP contribution in [-0.2, 0) is 14.5 Å². The second-order valence-corrected chi connectivity index (χ2v) is 10.9. The van der Waals surface area contributed by atoms with Crippen LogP contribution in [0.3, 0.4) is 0 Å². The molecule has 0 aliphatic carbocycles. The summed E-state index contributed by atoms with van der Waals surface area (Å²) >= 11 is 0. The van der Waals surface area contributed by atoms with Gasteiger partial charge in [-0.15, -0.1) is 0 Å². The number of amides is 2. The molecular formula is C22H27N3O5S. The van der Waals surface area contributed by atoms with Crippen LogP contribution < -0.4 is 5.32 Å². The van der Waals surface area contributed by atoms with Gasteiger partial charge in [-0.1, -0.05) is 0 Å². The molecule has 0 radical (unpaired) electrons. The van der Waals surface area contributed by atoms with E-state index in [1.807, 2.05) is 6.92 Å². The highest BCUT2D eigenvalue weighted by molar-refractivity contribution is 7.93. The summed E-state index contributed by atoms with van der Waals surface area (Å²) in [6.45, 7) is 4.10. The maximum Gasteiger partial charge on any atom is 0.288 e. The van der Waals surface area contributed by atoms with Crippen molar-refractivity contribution in [1.29, 1.82) is 0 Å². The van der Waals surface area contributed by atoms with Crippen molar-refractivity contribution in [3.8, 4) is 0 Å². The largest absolute Gasteiger partial charge is 0.471 e. The van der Waals surface area contributed by atoms with E-state index in [-0.39, 0.29) is 11.9 Å². The molecule has 2 aromatic heterocycles. The summed E-state index contributed by atoms with van der Waals surface area (Å²) in [5.41, 5.74) is 1.86. The lowest BCUT2D eigenvalue weighted by molar-refractivity contribution is -0.0924. The van der Waals surface area contributed by atoms with Gasteiger partial charge in [0.2, 0.25) is 0 Å². The van der Waals surface area contributed by atoms with Crippen LogP contribution in [0.15, 0.2) is 39.6 Å². The molecule has 31 heavy (non-hydrogen) atoms. The quantitative estimate of drug-likeness (QED) is 0.777. The van der Waals surface area contributed by atoms with E-state index in [2.05, 4.69) is 14.7 Å². The Balaban J connectivity index is 1.41. The fourth-order valence-electron chi connectivity index (χ4n) is 4.28. The summed E-state index contributed by atoms with van der Waals surface area (Å²) < 4.78 is 28.4. The molecule has 1 spiro atoms. The lowest BCUT2D eigenvalue weighted by Gasteiger charge is -2.44. The van der Waals surface area contributed by atoms with Crippen molar-refractivity contribution in [3.05, 3.63) is 53.2 Å². The van der Waals surface area contributed by atoms with E-state index in [1.54, 1.807) is 25.3 Å². The number of hydrogen-bond acceptors (Lipinski definition) is 6. The van der Waals surface area contributed by atoms with E-state index in [0.717, 1.165) is 6.42 Å². The maximum atomic E-state index is 13.2. The highest BCUT2D eigenvalue weighted by Crippen LogP contribution is 2.36. The fourth-order valence-corrected chi connectivity index (χ4v) is 6.45. The number of aryl methyl sites for hydroxylation is 2. The van der Waals surface area contributed by atoms with Gasteiger partial charge in [0.15, 0.2) is 0 Å². The highest BCUT2D eigenvalue weighted by atomic mass is 32.2. The van der Waals surface area contributed by atoms with Crippen LogP contribution in [-0.4, -0.2) is 50.8 Å². The van der Waals surface area contributed by atoms with Crippen LogP contribution in [0.4, 0.5) is 0 Å². The minimum atomic E-state index is -2.64. The normalized spacial score (nSPS) is 28.3. The SMILES string of the molecule is Cc1cocc1C(=O)N=S1(=O)CCC2(CC1)CC(NC(=O)c1cccnc1C)CCO2.